The van der Waals surface area contributed by atoms with Crippen molar-refractivity contribution in [2.45, 2.75) is 26.7 Å². The first kappa shape index (κ1) is 11.4. The van der Waals surface area contributed by atoms with Crippen molar-refractivity contribution in [1.29, 1.82) is 0 Å². The maximum Gasteiger partial charge on any atom is 0.0400 e. The van der Waals surface area contributed by atoms with Crippen molar-refractivity contribution in [1.82, 2.24) is 10.3 Å². The molecule has 0 aliphatic carbocycles. The van der Waals surface area contributed by atoms with E-state index in [-0.39, 0.29) is 0 Å². The average molecular weight is 219 g/mol. The van der Waals surface area contributed by atoms with Gasteiger partial charge in [-0.25, -0.2) is 0 Å². The van der Waals surface area contributed by atoms with Crippen LogP contribution in [0.3, 0.4) is 0 Å². The molecule has 0 aromatic carbocycles. The van der Waals surface area contributed by atoms with Gasteiger partial charge >= 0.3 is 0 Å². The molecule has 88 valence electrons. The molecule has 1 aromatic heterocycles. The summed E-state index contributed by atoms with van der Waals surface area (Å²) in [5.41, 5.74) is 2.87. The van der Waals surface area contributed by atoms with Crippen molar-refractivity contribution in [3.05, 3.63) is 24.0 Å². The molecular formula is C13H21N3. The zero-order valence-corrected chi connectivity index (χ0v) is 10.2. The second-order valence-corrected chi connectivity index (χ2v) is 5.10. The zero-order chi connectivity index (χ0) is 11.4. The molecule has 1 aliphatic rings. The lowest BCUT2D eigenvalue weighted by Crippen LogP contribution is -2.39. The van der Waals surface area contributed by atoms with Crippen LogP contribution < -0.4 is 10.6 Å². The Morgan fingerprint density at radius 1 is 1.44 bits per heavy atom. The maximum absolute atomic E-state index is 4.11. The Morgan fingerprint density at radius 2 is 2.19 bits per heavy atom. The van der Waals surface area contributed by atoms with Gasteiger partial charge < -0.3 is 10.6 Å². The molecule has 1 aliphatic heterocycles. The summed E-state index contributed by atoms with van der Waals surface area (Å²) in [4.78, 5) is 4.11. The van der Waals surface area contributed by atoms with Crippen LogP contribution in [0.4, 0.5) is 5.69 Å². The van der Waals surface area contributed by atoms with E-state index in [1.54, 1.807) is 0 Å². The average Bonchev–Trinajstić information content (AvgIpc) is 2.29. The Morgan fingerprint density at radius 3 is 2.88 bits per heavy atom. The largest absolute Gasteiger partial charge is 0.384 e. The van der Waals surface area contributed by atoms with Crippen molar-refractivity contribution < 1.29 is 0 Å². The zero-order valence-electron chi connectivity index (χ0n) is 10.2. The van der Waals surface area contributed by atoms with E-state index in [4.69, 9.17) is 0 Å². The first-order valence-corrected chi connectivity index (χ1v) is 6.05. The Labute approximate surface area is 97.7 Å². The van der Waals surface area contributed by atoms with Crippen molar-refractivity contribution in [2.75, 3.05) is 25.0 Å². The van der Waals surface area contributed by atoms with Gasteiger partial charge in [0, 0.05) is 24.6 Å². The molecule has 1 saturated heterocycles. The van der Waals surface area contributed by atoms with E-state index in [1.165, 1.54) is 24.1 Å². The molecule has 3 heteroatoms. The second-order valence-electron chi connectivity index (χ2n) is 5.10. The van der Waals surface area contributed by atoms with Crippen LogP contribution in [0.5, 0.6) is 0 Å². The van der Waals surface area contributed by atoms with Gasteiger partial charge in [0.15, 0.2) is 0 Å². The Kier molecular flexibility index (Phi) is 3.44. The summed E-state index contributed by atoms with van der Waals surface area (Å²) in [5, 5.41) is 6.97. The van der Waals surface area contributed by atoms with Gasteiger partial charge in [0.05, 0.1) is 0 Å². The summed E-state index contributed by atoms with van der Waals surface area (Å²) < 4.78 is 0. The quantitative estimate of drug-likeness (QED) is 0.818. The van der Waals surface area contributed by atoms with Gasteiger partial charge in [-0.05, 0) is 49.9 Å². The van der Waals surface area contributed by atoms with Gasteiger partial charge in [-0.3, -0.25) is 4.98 Å². The van der Waals surface area contributed by atoms with Gasteiger partial charge in [-0.1, -0.05) is 6.92 Å². The minimum absolute atomic E-state index is 0.432. The number of aromatic nitrogens is 1. The fourth-order valence-corrected chi connectivity index (χ4v) is 2.19. The van der Waals surface area contributed by atoms with Crippen LogP contribution in [-0.2, 0) is 0 Å². The van der Waals surface area contributed by atoms with Crippen LogP contribution in [0.25, 0.3) is 0 Å². The minimum atomic E-state index is 0.432. The molecule has 3 nitrogen and oxygen atoms in total. The smallest absolute Gasteiger partial charge is 0.0400 e. The van der Waals surface area contributed by atoms with Crippen molar-refractivity contribution >= 4 is 5.69 Å². The summed E-state index contributed by atoms with van der Waals surface area (Å²) in [6, 6.07) is 2.06. The van der Waals surface area contributed by atoms with Crippen LogP contribution in [0, 0.1) is 12.3 Å². The van der Waals surface area contributed by atoms with E-state index in [0.29, 0.717) is 5.41 Å². The van der Waals surface area contributed by atoms with E-state index in [9.17, 15) is 0 Å². The normalized spacial score (nSPS) is 19.4. The van der Waals surface area contributed by atoms with Crippen LogP contribution >= 0.6 is 0 Å². The lowest BCUT2D eigenvalue weighted by atomic mass is 9.81. The molecule has 2 N–H and O–H groups in total. The van der Waals surface area contributed by atoms with Gasteiger partial charge in [-0.2, -0.15) is 0 Å². The van der Waals surface area contributed by atoms with Crippen LogP contribution in [0.1, 0.15) is 25.3 Å². The molecule has 0 saturated carbocycles. The third-order valence-corrected chi connectivity index (χ3v) is 3.54. The molecule has 1 fully saturated rings. The number of anilines is 1. The lowest BCUT2D eigenvalue weighted by molar-refractivity contribution is 0.247. The number of hydrogen-bond acceptors (Lipinski definition) is 3. The molecule has 2 heterocycles. The van der Waals surface area contributed by atoms with Gasteiger partial charge in [0.25, 0.3) is 0 Å². The molecule has 0 unspecified atom stereocenters. The topological polar surface area (TPSA) is 37.0 Å². The highest BCUT2D eigenvalue weighted by molar-refractivity contribution is 5.48. The predicted molar refractivity (Wildman–Crippen MR) is 67.7 cm³/mol. The summed E-state index contributed by atoms with van der Waals surface area (Å²) in [7, 11) is 0. The van der Waals surface area contributed by atoms with E-state index in [2.05, 4.69) is 35.5 Å². The molecule has 0 amide bonds. The van der Waals surface area contributed by atoms with Crippen LogP contribution in [0.15, 0.2) is 18.5 Å². The molecule has 0 radical (unpaired) electrons. The highest BCUT2D eigenvalue weighted by Crippen LogP contribution is 2.28. The predicted octanol–water partition coefficient (Wildman–Crippen LogP) is 2.19. The Bertz CT molecular complexity index is 343. The highest BCUT2D eigenvalue weighted by atomic mass is 14.9. The Hall–Kier alpha value is -1.09. The van der Waals surface area contributed by atoms with Crippen molar-refractivity contribution in [3.63, 3.8) is 0 Å². The first-order valence-electron chi connectivity index (χ1n) is 6.05. The molecule has 0 spiro atoms. The standard InChI is InChI=1S/C13H21N3/c1-11-9-15-6-3-12(11)16-10-13(2)4-7-14-8-5-13/h3,6,9,14H,4-5,7-8,10H2,1-2H3,(H,15,16). The summed E-state index contributed by atoms with van der Waals surface area (Å²) in [6.07, 6.45) is 6.27. The molecule has 0 atom stereocenters. The van der Waals surface area contributed by atoms with Crippen molar-refractivity contribution in [2.24, 2.45) is 5.41 Å². The number of aryl methyl sites for hydroxylation is 1. The number of rotatable bonds is 3. The summed E-state index contributed by atoms with van der Waals surface area (Å²) in [5.74, 6) is 0. The number of piperidine rings is 1. The van der Waals surface area contributed by atoms with Crippen LogP contribution in [-0.4, -0.2) is 24.6 Å². The third-order valence-electron chi connectivity index (χ3n) is 3.54. The molecule has 2 rings (SSSR count). The fraction of sp³-hybridized carbons (Fsp3) is 0.615. The Balaban J connectivity index is 1.94. The molecule has 1 aromatic rings. The summed E-state index contributed by atoms with van der Waals surface area (Å²) >= 11 is 0. The summed E-state index contributed by atoms with van der Waals surface area (Å²) in [6.45, 7) is 7.82. The highest BCUT2D eigenvalue weighted by Gasteiger charge is 2.26. The van der Waals surface area contributed by atoms with E-state index in [1.807, 2.05) is 12.4 Å². The van der Waals surface area contributed by atoms with Gasteiger partial charge in [0.1, 0.15) is 0 Å². The van der Waals surface area contributed by atoms with Gasteiger partial charge in [0.2, 0.25) is 0 Å². The SMILES string of the molecule is Cc1cnccc1NCC1(C)CCNCC1. The fourth-order valence-electron chi connectivity index (χ4n) is 2.19. The van der Waals surface area contributed by atoms with E-state index in [0.717, 1.165) is 19.6 Å². The molecular weight excluding hydrogens is 198 g/mol. The number of pyridine rings is 1. The monoisotopic (exact) mass is 219 g/mol. The van der Waals surface area contributed by atoms with Crippen LogP contribution in [0.2, 0.25) is 0 Å². The maximum atomic E-state index is 4.11. The van der Waals surface area contributed by atoms with Crippen molar-refractivity contribution in [3.8, 4) is 0 Å². The lowest BCUT2D eigenvalue weighted by Gasteiger charge is -2.34. The second kappa shape index (κ2) is 4.83. The number of nitrogens with zero attached hydrogens (tertiary/aromatic N) is 1. The molecule has 16 heavy (non-hydrogen) atoms. The number of hydrogen-bond donors (Lipinski definition) is 2. The number of nitrogens with one attached hydrogen (secondary N) is 2. The first-order chi connectivity index (χ1) is 7.70. The van der Waals surface area contributed by atoms with E-state index >= 15 is 0 Å². The van der Waals surface area contributed by atoms with E-state index < -0.39 is 0 Å². The molecule has 0 bridgehead atoms. The third kappa shape index (κ3) is 2.73. The minimum Gasteiger partial charge on any atom is -0.384 e. The van der Waals surface area contributed by atoms with Gasteiger partial charge in [-0.15, -0.1) is 0 Å².